The molecule has 0 saturated carbocycles. The van der Waals surface area contributed by atoms with E-state index in [1.165, 1.54) is 39.9 Å². The monoisotopic (exact) mass is 490 g/mol. The van der Waals surface area contributed by atoms with Gasteiger partial charge in [-0.25, -0.2) is 13.4 Å². The number of ether oxygens (including phenoxy) is 2. The molecule has 12 heteroatoms. The molecule has 1 aliphatic rings. The van der Waals surface area contributed by atoms with Crippen molar-refractivity contribution >= 4 is 32.2 Å². The third-order valence-corrected chi connectivity index (χ3v) is 8.19. The van der Waals surface area contributed by atoms with E-state index in [0.29, 0.717) is 37.7 Å². The molecular weight excluding hydrogens is 468 g/mol. The number of benzene rings is 2. The van der Waals surface area contributed by atoms with Gasteiger partial charge in [0, 0.05) is 55.3 Å². The van der Waals surface area contributed by atoms with Crippen LogP contribution in [-0.2, 0) is 10.0 Å². The lowest BCUT2D eigenvalue weighted by Gasteiger charge is -2.33. The Labute approximate surface area is 195 Å². The molecule has 0 unspecified atom stereocenters. The van der Waals surface area contributed by atoms with E-state index in [2.05, 4.69) is 0 Å². The molecule has 10 nitrogen and oxygen atoms in total. The van der Waals surface area contributed by atoms with Gasteiger partial charge in [-0.1, -0.05) is 0 Å². The minimum atomic E-state index is -3.72. The summed E-state index contributed by atoms with van der Waals surface area (Å²) in [4.78, 5) is 17.1. The zero-order chi connectivity index (χ0) is 23.6. The van der Waals surface area contributed by atoms with Gasteiger partial charge in [0.25, 0.3) is 5.69 Å². The quantitative estimate of drug-likeness (QED) is 0.366. The fourth-order valence-corrected chi connectivity index (χ4v) is 5.85. The zero-order valence-corrected chi connectivity index (χ0v) is 19.6. The number of thiazole rings is 1. The highest BCUT2D eigenvalue weighted by molar-refractivity contribution is 7.89. The molecule has 3 aromatic rings. The van der Waals surface area contributed by atoms with Crippen LogP contribution >= 0.6 is 11.3 Å². The van der Waals surface area contributed by atoms with E-state index in [4.69, 9.17) is 14.5 Å². The first-order valence-electron chi connectivity index (χ1n) is 10.0. The fourth-order valence-electron chi connectivity index (χ4n) is 3.55. The molecule has 1 fully saturated rings. The Morgan fingerprint density at radius 2 is 1.73 bits per heavy atom. The second kappa shape index (κ2) is 9.33. The van der Waals surface area contributed by atoms with Crippen LogP contribution in [-0.4, -0.2) is 63.0 Å². The predicted molar refractivity (Wildman–Crippen MR) is 125 cm³/mol. The van der Waals surface area contributed by atoms with E-state index in [1.54, 1.807) is 20.3 Å². The maximum Gasteiger partial charge on any atom is 0.269 e. The molecule has 33 heavy (non-hydrogen) atoms. The highest BCUT2D eigenvalue weighted by Gasteiger charge is 2.30. The summed E-state index contributed by atoms with van der Waals surface area (Å²) in [5.74, 6) is 1.35. The maximum atomic E-state index is 12.9. The van der Waals surface area contributed by atoms with Crippen LogP contribution in [0.5, 0.6) is 11.5 Å². The number of non-ortho nitro benzene ring substituents is 1. The lowest BCUT2D eigenvalue weighted by molar-refractivity contribution is -0.384. The first-order chi connectivity index (χ1) is 15.8. The number of hydrogen-bond donors (Lipinski definition) is 0. The number of nitro groups is 1. The van der Waals surface area contributed by atoms with Crippen LogP contribution in [0, 0.1) is 10.1 Å². The summed E-state index contributed by atoms with van der Waals surface area (Å²) in [6.07, 6.45) is 0. The van der Waals surface area contributed by atoms with Crippen LogP contribution in [0.3, 0.4) is 0 Å². The minimum absolute atomic E-state index is 0.0460. The van der Waals surface area contributed by atoms with Crippen molar-refractivity contribution in [3.05, 3.63) is 58.0 Å². The summed E-state index contributed by atoms with van der Waals surface area (Å²) in [6, 6.07) is 10.5. The minimum Gasteiger partial charge on any atom is -0.497 e. The van der Waals surface area contributed by atoms with E-state index in [9.17, 15) is 18.5 Å². The van der Waals surface area contributed by atoms with Crippen molar-refractivity contribution in [2.24, 2.45) is 0 Å². The van der Waals surface area contributed by atoms with E-state index in [-0.39, 0.29) is 10.6 Å². The Morgan fingerprint density at radius 1 is 1.03 bits per heavy atom. The standard InChI is InChI=1S/C21H22N4O6S2/c1-30-16-5-8-18(20(13-16)31-2)19-14-32-21(22-19)23-9-11-24(12-10-23)33(28,29)17-6-3-15(4-7-17)25(26)27/h3-8,13-14H,9-12H2,1-2H3. The highest BCUT2D eigenvalue weighted by atomic mass is 32.2. The van der Waals surface area contributed by atoms with Crippen molar-refractivity contribution in [1.29, 1.82) is 0 Å². The van der Waals surface area contributed by atoms with Gasteiger partial charge in [0.2, 0.25) is 10.0 Å². The summed E-state index contributed by atoms with van der Waals surface area (Å²) in [6.45, 7) is 1.55. The van der Waals surface area contributed by atoms with Gasteiger partial charge in [-0.15, -0.1) is 11.3 Å². The average Bonchev–Trinajstić information content (AvgIpc) is 3.33. The number of nitrogens with zero attached hydrogens (tertiary/aromatic N) is 4. The number of rotatable bonds is 7. The number of methoxy groups -OCH3 is 2. The van der Waals surface area contributed by atoms with Crippen molar-refractivity contribution in [2.75, 3.05) is 45.3 Å². The van der Waals surface area contributed by atoms with Crippen LogP contribution in [0.2, 0.25) is 0 Å². The second-order valence-corrected chi connectivity index (χ2v) is 10.00. The molecule has 0 atom stereocenters. The average molecular weight is 491 g/mol. The molecular formula is C21H22N4O6S2. The van der Waals surface area contributed by atoms with Crippen LogP contribution in [0.1, 0.15) is 0 Å². The van der Waals surface area contributed by atoms with Gasteiger partial charge < -0.3 is 14.4 Å². The number of anilines is 1. The lowest BCUT2D eigenvalue weighted by Crippen LogP contribution is -2.48. The third-order valence-electron chi connectivity index (χ3n) is 5.37. The van der Waals surface area contributed by atoms with Gasteiger partial charge >= 0.3 is 0 Å². The summed E-state index contributed by atoms with van der Waals surface area (Å²) in [7, 11) is -0.537. The van der Waals surface area contributed by atoms with Gasteiger partial charge in [-0.3, -0.25) is 10.1 Å². The van der Waals surface area contributed by atoms with Gasteiger partial charge in [0.05, 0.1) is 29.7 Å². The summed E-state index contributed by atoms with van der Waals surface area (Å²) in [5, 5.41) is 13.6. The maximum absolute atomic E-state index is 12.9. The molecule has 1 aromatic heterocycles. The Morgan fingerprint density at radius 3 is 2.33 bits per heavy atom. The van der Waals surface area contributed by atoms with Gasteiger partial charge in [0.1, 0.15) is 11.5 Å². The first kappa shape index (κ1) is 23.0. The van der Waals surface area contributed by atoms with Gasteiger partial charge in [-0.05, 0) is 24.3 Å². The molecule has 1 saturated heterocycles. The van der Waals surface area contributed by atoms with Crippen LogP contribution < -0.4 is 14.4 Å². The lowest BCUT2D eigenvalue weighted by atomic mass is 10.1. The fraction of sp³-hybridized carbons (Fsp3) is 0.286. The van der Waals surface area contributed by atoms with Crippen LogP contribution in [0.4, 0.5) is 10.8 Å². The Hall–Kier alpha value is -3.22. The van der Waals surface area contributed by atoms with E-state index in [1.807, 2.05) is 22.4 Å². The highest BCUT2D eigenvalue weighted by Crippen LogP contribution is 2.36. The molecule has 0 radical (unpaired) electrons. The smallest absolute Gasteiger partial charge is 0.269 e. The van der Waals surface area contributed by atoms with Crippen molar-refractivity contribution < 1.29 is 22.8 Å². The van der Waals surface area contributed by atoms with Crippen LogP contribution in [0.15, 0.2) is 52.7 Å². The number of nitro benzene ring substituents is 1. The van der Waals surface area contributed by atoms with Gasteiger partial charge in [-0.2, -0.15) is 4.31 Å². The van der Waals surface area contributed by atoms with Crippen molar-refractivity contribution in [3.63, 3.8) is 0 Å². The van der Waals surface area contributed by atoms with Crippen molar-refractivity contribution in [3.8, 4) is 22.8 Å². The number of aromatic nitrogens is 1. The molecule has 4 rings (SSSR count). The predicted octanol–water partition coefficient (Wildman–Crippen LogP) is 3.25. The van der Waals surface area contributed by atoms with Crippen LogP contribution in [0.25, 0.3) is 11.3 Å². The molecule has 1 aliphatic heterocycles. The number of sulfonamides is 1. The van der Waals surface area contributed by atoms with E-state index < -0.39 is 14.9 Å². The molecule has 0 spiro atoms. The first-order valence-corrected chi connectivity index (χ1v) is 12.3. The van der Waals surface area contributed by atoms with Gasteiger partial charge in [0.15, 0.2) is 5.13 Å². The third kappa shape index (κ3) is 4.63. The molecule has 2 aromatic carbocycles. The molecule has 0 aliphatic carbocycles. The van der Waals surface area contributed by atoms with Crippen molar-refractivity contribution in [1.82, 2.24) is 9.29 Å². The topological polar surface area (TPSA) is 115 Å². The Balaban J connectivity index is 1.45. The Bertz CT molecular complexity index is 1250. The summed E-state index contributed by atoms with van der Waals surface area (Å²) >= 11 is 1.49. The molecule has 174 valence electrons. The second-order valence-electron chi connectivity index (χ2n) is 7.22. The van der Waals surface area contributed by atoms with E-state index >= 15 is 0 Å². The largest absolute Gasteiger partial charge is 0.497 e. The summed E-state index contributed by atoms with van der Waals surface area (Å²) in [5.41, 5.74) is 1.47. The number of piperazine rings is 1. The van der Waals surface area contributed by atoms with Crippen molar-refractivity contribution in [2.45, 2.75) is 4.90 Å². The summed E-state index contributed by atoms with van der Waals surface area (Å²) < 4.78 is 38.0. The Kier molecular flexibility index (Phi) is 6.49. The SMILES string of the molecule is COc1ccc(-c2csc(N3CCN(S(=O)(=O)c4ccc([N+](=O)[O-])cc4)CC3)n2)c(OC)c1. The molecule has 0 bridgehead atoms. The normalized spacial score (nSPS) is 14.8. The zero-order valence-electron chi connectivity index (χ0n) is 18.0. The van der Waals surface area contributed by atoms with E-state index in [0.717, 1.165) is 16.4 Å². The molecule has 0 amide bonds. The molecule has 0 N–H and O–H groups in total. The molecule has 2 heterocycles. The number of hydrogen-bond acceptors (Lipinski definition) is 9.